The third-order valence-electron chi connectivity index (χ3n) is 2.73. The van der Waals surface area contributed by atoms with Crippen LogP contribution in [0, 0.1) is 0 Å². The van der Waals surface area contributed by atoms with Crippen molar-refractivity contribution in [2.75, 3.05) is 26.1 Å². The van der Waals surface area contributed by atoms with Gasteiger partial charge < -0.3 is 18.9 Å². The number of thioether (sulfide) groups is 1. The van der Waals surface area contributed by atoms with Crippen LogP contribution in [-0.4, -0.2) is 43.6 Å². The fraction of sp³-hybridized carbons (Fsp3) is 0.500. The van der Waals surface area contributed by atoms with Gasteiger partial charge in [-0.3, -0.25) is 4.79 Å². The van der Waals surface area contributed by atoms with Crippen LogP contribution in [0.5, 0.6) is 11.5 Å². The zero-order valence-corrected chi connectivity index (χ0v) is 12.4. The van der Waals surface area contributed by atoms with Gasteiger partial charge in [-0.15, -0.1) is 0 Å². The lowest BCUT2D eigenvalue weighted by atomic mass is 10.3. The molecule has 6 heteroatoms. The highest BCUT2D eigenvalue weighted by atomic mass is 32.2. The molecule has 0 aliphatic carbocycles. The summed E-state index contributed by atoms with van der Waals surface area (Å²) >= 11 is 1.25. The molecule has 1 fully saturated rings. The Morgan fingerprint density at radius 2 is 2.15 bits per heavy atom. The molecule has 0 saturated carbocycles. The van der Waals surface area contributed by atoms with Crippen molar-refractivity contribution in [2.24, 2.45) is 0 Å². The van der Waals surface area contributed by atoms with E-state index in [1.807, 2.05) is 24.3 Å². The molecule has 1 aromatic carbocycles. The highest BCUT2D eigenvalue weighted by Crippen LogP contribution is 2.26. The van der Waals surface area contributed by atoms with Crippen molar-refractivity contribution < 1.29 is 23.7 Å². The van der Waals surface area contributed by atoms with Crippen LogP contribution in [0.25, 0.3) is 0 Å². The van der Waals surface area contributed by atoms with Gasteiger partial charge in [-0.1, -0.05) is 23.9 Å². The maximum Gasteiger partial charge on any atom is 0.192 e. The van der Waals surface area contributed by atoms with Crippen molar-refractivity contribution in [3.8, 4) is 11.5 Å². The van der Waals surface area contributed by atoms with Crippen LogP contribution in [0.4, 0.5) is 0 Å². The number of benzene rings is 1. The van der Waals surface area contributed by atoms with E-state index in [0.717, 1.165) is 0 Å². The van der Waals surface area contributed by atoms with Gasteiger partial charge in [-0.2, -0.15) is 0 Å². The number of hydrogen-bond donors (Lipinski definition) is 0. The molecule has 0 bridgehead atoms. The van der Waals surface area contributed by atoms with Crippen LogP contribution in [0.2, 0.25) is 0 Å². The van der Waals surface area contributed by atoms with Gasteiger partial charge in [0.05, 0.1) is 19.8 Å². The van der Waals surface area contributed by atoms with E-state index in [1.165, 1.54) is 11.8 Å². The van der Waals surface area contributed by atoms with Gasteiger partial charge in [-0.25, -0.2) is 0 Å². The summed E-state index contributed by atoms with van der Waals surface area (Å²) in [6.07, 6.45) is -0.465. The molecule has 1 aromatic rings. The van der Waals surface area contributed by atoms with Gasteiger partial charge in [0.2, 0.25) is 0 Å². The molecule has 1 aliphatic heterocycles. The number of para-hydroxylation sites is 2. The third-order valence-corrected chi connectivity index (χ3v) is 3.67. The van der Waals surface area contributed by atoms with Crippen molar-refractivity contribution in [3.63, 3.8) is 0 Å². The van der Waals surface area contributed by atoms with E-state index in [9.17, 15) is 4.79 Å². The van der Waals surface area contributed by atoms with E-state index in [-0.39, 0.29) is 11.2 Å². The fourth-order valence-electron chi connectivity index (χ4n) is 1.79. The first-order valence-electron chi connectivity index (χ1n) is 6.35. The SMILES string of the molecule is COc1ccccc1OCC1OCC(CSC(C)=O)O1. The van der Waals surface area contributed by atoms with E-state index >= 15 is 0 Å². The molecule has 0 N–H and O–H groups in total. The molecule has 0 amide bonds. The summed E-state index contributed by atoms with van der Waals surface area (Å²) in [5, 5.41) is 0.0855. The predicted octanol–water partition coefficient (Wildman–Crippen LogP) is 2.10. The molecule has 110 valence electrons. The summed E-state index contributed by atoms with van der Waals surface area (Å²) in [6.45, 7) is 2.32. The second kappa shape index (κ2) is 7.52. The van der Waals surface area contributed by atoms with Crippen LogP contribution in [0.3, 0.4) is 0 Å². The van der Waals surface area contributed by atoms with Gasteiger partial charge in [0, 0.05) is 12.7 Å². The zero-order chi connectivity index (χ0) is 14.4. The van der Waals surface area contributed by atoms with Crippen molar-refractivity contribution in [1.29, 1.82) is 0 Å². The van der Waals surface area contributed by atoms with Crippen LogP contribution in [0.1, 0.15) is 6.92 Å². The first-order valence-corrected chi connectivity index (χ1v) is 7.34. The molecule has 1 aliphatic rings. The number of hydrogen-bond acceptors (Lipinski definition) is 6. The number of methoxy groups -OCH3 is 1. The van der Waals surface area contributed by atoms with Crippen LogP contribution < -0.4 is 9.47 Å². The van der Waals surface area contributed by atoms with E-state index in [4.69, 9.17) is 18.9 Å². The van der Waals surface area contributed by atoms with Crippen LogP contribution in [-0.2, 0) is 14.3 Å². The Bertz CT molecular complexity index is 451. The minimum atomic E-state index is -0.405. The highest BCUT2D eigenvalue weighted by molar-refractivity contribution is 8.13. The van der Waals surface area contributed by atoms with E-state index in [2.05, 4.69) is 0 Å². The van der Waals surface area contributed by atoms with Crippen molar-refractivity contribution in [3.05, 3.63) is 24.3 Å². The van der Waals surface area contributed by atoms with E-state index in [0.29, 0.717) is 30.5 Å². The lowest BCUT2D eigenvalue weighted by molar-refractivity contribution is -0.109. The van der Waals surface area contributed by atoms with Crippen molar-refractivity contribution in [1.82, 2.24) is 0 Å². The minimum absolute atomic E-state index is 0.0600. The van der Waals surface area contributed by atoms with Crippen molar-refractivity contribution in [2.45, 2.75) is 19.3 Å². The summed E-state index contributed by atoms with van der Waals surface area (Å²) in [7, 11) is 1.60. The second-order valence-electron chi connectivity index (χ2n) is 4.29. The maximum absolute atomic E-state index is 10.9. The van der Waals surface area contributed by atoms with Crippen molar-refractivity contribution >= 4 is 16.9 Å². The molecule has 1 heterocycles. The molecule has 0 spiro atoms. The molecule has 2 rings (SSSR count). The largest absolute Gasteiger partial charge is 0.493 e. The number of carbonyl (C=O) groups is 1. The topological polar surface area (TPSA) is 54.0 Å². The molecule has 20 heavy (non-hydrogen) atoms. The van der Waals surface area contributed by atoms with Crippen LogP contribution >= 0.6 is 11.8 Å². The van der Waals surface area contributed by atoms with Gasteiger partial charge in [0.1, 0.15) is 6.61 Å². The average molecular weight is 298 g/mol. The average Bonchev–Trinajstić information content (AvgIpc) is 2.91. The summed E-state index contributed by atoms with van der Waals surface area (Å²) in [5.74, 6) is 1.94. The summed E-state index contributed by atoms with van der Waals surface area (Å²) < 4.78 is 22.0. The predicted molar refractivity (Wildman–Crippen MR) is 76.2 cm³/mol. The van der Waals surface area contributed by atoms with E-state index in [1.54, 1.807) is 14.0 Å². The Morgan fingerprint density at radius 1 is 1.40 bits per heavy atom. The van der Waals surface area contributed by atoms with E-state index < -0.39 is 6.29 Å². The summed E-state index contributed by atoms with van der Waals surface area (Å²) in [5.41, 5.74) is 0. The first kappa shape index (κ1) is 15.2. The Kier molecular flexibility index (Phi) is 5.70. The maximum atomic E-state index is 10.9. The Hall–Kier alpha value is -1.24. The van der Waals surface area contributed by atoms with Gasteiger partial charge in [0.25, 0.3) is 0 Å². The Balaban J connectivity index is 1.76. The molecule has 0 radical (unpaired) electrons. The molecule has 5 nitrogen and oxygen atoms in total. The highest BCUT2D eigenvalue weighted by Gasteiger charge is 2.27. The van der Waals surface area contributed by atoms with Gasteiger partial charge >= 0.3 is 0 Å². The summed E-state index contributed by atoms with van der Waals surface area (Å²) in [4.78, 5) is 10.9. The molecule has 2 atom stereocenters. The smallest absolute Gasteiger partial charge is 0.192 e. The first-order chi connectivity index (χ1) is 9.69. The number of ether oxygens (including phenoxy) is 4. The zero-order valence-electron chi connectivity index (χ0n) is 11.5. The fourth-order valence-corrected chi connectivity index (χ4v) is 2.38. The number of rotatable bonds is 6. The lowest BCUT2D eigenvalue weighted by Gasteiger charge is -2.14. The van der Waals surface area contributed by atoms with Crippen LogP contribution in [0.15, 0.2) is 24.3 Å². The molecular formula is C14H18O5S. The lowest BCUT2D eigenvalue weighted by Crippen LogP contribution is -2.21. The standard InChI is InChI=1S/C14H18O5S/c1-10(15)20-9-11-7-18-14(19-11)8-17-13-6-4-3-5-12(13)16-2/h3-6,11,14H,7-9H2,1-2H3. The van der Waals surface area contributed by atoms with Gasteiger partial charge in [-0.05, 0) is 12.1 Å². The molecule has 2 unspecified atom stereocenters. The Morgan fingerprint density at radius 3 is 2.85 bits per heavy atom. The molecule has 0 aromatic heterocycles. The van der Waals surface area contributed by atoms with Gasteiger partial charge in [0.15, 0.2) is 22.9 Å². The third kappa shape index (κ3) is 4.40. The molecule has 1 saturated heterocycles. The normalized spacial score (nSPS) is 21.7. The monoisotopic (exact) mass is 298 g/mol. The Labute approximate surface area is 122 Å². The minimum Gasteiger partial charge on any atom is -0.493 e. The second-order valence-corrected chi connectivity index (χ2v) is 5.48. The quantitative estimate of drug-likeness (QED) is 0.801. The number of carbonyl (C=O) groups excluding carboxylic acids is 1. The molecular weight excluding hydrogens is 280 g/mol. The summed E-state index contributed by atoms with van der Waals surface area (Å²) in [6, 6.07) is 7.42.